The van der Waals surface area contributed by atoms with E-state index >= 15 is 0 Å². The Morgan fingerprint density at radius 1 is 1.35 bits per heavy atom. The zero-order valence-electron chi connectivity index (χ0n) is 10.4. The summed E-state index contributed by atoms with van der Waals surface area (Å²) in [6.07, 6.45) is 1.87. The lowest BCUT2D eigenvalue weighted by molar-refractivity contribution is 1.10. The van der Waals surface area contributed by atoms with Crippen molar-refractivity contribution in [2.45, 2.75) is 6.54 Å². The molecule has 0 amide bonds. The molecule has 0 bridgehead atoms. The van der Waals surface area contributed by atoms with Crippen LogP contribution in [0.25, 0.3) is 10.6 Å². The van der Waals surface area contributed by atoms with Crippen molar-refractivity contribution in [3.8, 4) is 10.6 Å². The molecule has 6 heteroatoms. The van der Waals surface area contributed by atoms with Crippen LogP contribution >= 0.6 is 45.5 Å². The summed E-state index contributed by atoms with van der Waals surface area (Å²) >= 11 is 9.95. The normalized spacial score (nSPS) is 10.7. The number of hydrogen-bond acceptors (Lipinski definition) is 3. The van der Waals surface area contributed by atoms with Crippen LogP contribution in [0.1, 0.15) is 5.56 Å². The highest BCUT2D eigenvalue weighted by Gasteiger charge is 2.09. The van der Waals surface area contributed by atoms with Crippen molar-refractivity contribution >= 4 is 51.2 Å². The lowest BCUT2D eigenvalue weighted by Crippen LogP contribution is -2.01. The Morgan fingerprint density at radius 2 is 2.25 bits per heavy atom. The van der Waals surface area contributed by atoms with E-state index in [1.54, 1.807) is 11.3 Å². The van der Waals surface area contributed by atoms with Crippen LogP contribution in [0.3, 0.4) is 0 Å². The van der Waals surface area contributed by atoms with Crippen molar-refractivity contribution in [3.63, 3.8) is 0 Å². The monoisotopic (exact) mass is 415 g/mol. The van der Waals surface area contributed by atoms with Gasteiger partial charge in [0, 0.05) is 26.4 Å². The smallest absolute Gasteiger partial charge is 0.0799 e. The lowest BCUT2D eigenvalue weighted by Gasteiger charge is -2.08. The molecule has 1 aromatic carbocycles. The number of hydrogen-bond donors (Lipinski definition) is 2. The van der Waals surface area contributed by atoms with E-state index < -0.39 is 0 Å². The predicted molar refractivity (Wildman–Crippen MR) is 93.4 cm³/mol. The summed E-state index contributed by atoms with van der Waals surface area (Å²) in [6, 6.07) is 9.96. The molecule has 0 atom stereocenters. The van der Waals surface area contributed by atoms with E-state index in [0.717, 1.165) is 32.1 Å². The van der Waals surface area contributed by atoms with E-state index in [4.69, 9.17) is 11.6 Å². The second-order valence-electron chi connectivity index (χ2n) is 4.23. The van der Waals surface area contributed by atoms with Gasteiger partial charge < -0.3 is 5.32 Å². The number of anilines is 1. The minimum Gasteiger partial charge on any atom is -0.380 e. The first-order chi connectivity index (χ1) is 9.74. The van der Waals surface area contributed by atoms with Crippen LogP contribution in [0.15, 0.2) is 41.9 Å². The molecule has 0 saturated heterocycles. The number of rotatable bonds is 4. The number of nitrogens with one attached hydrogen (secondary N) is 2. The molecule has 2 aromatic heterocycles. The fourth-order valence-electron chi connectivity index (χ4n) is 1.90. The maximum Gasteiger partial charge on any atom is 0.0799 e. The minimum atomic E-state index is 0.724. The quantitative estimate of drug-likeness (QED) is 0.588. The molecule has 20 heavy (non-hydrogen) atoms. The molecule has 0 saturated carbocycles. The summed E-state index contributed by atoms with van der Waals surface area (Å²) < 4.78 is 1.11. The summed E-state index contributed by atoms with van der Waals surface area (Å²) in [5.41, 5.74) is 3.31. The van der Waals surface area contributed by atoms with Crippen LogP contribution in [0, 0.1) is 3.57 Å². The topological polar surface area (TPSA) is 40.7 Å². The van der Waals surface area contributed by atoms with E-state index in [1.165, 1.54) is 4.88 Å². The highest BCUT2D eigenvalue weighted by Crippen LogP contribution is 2.27. The van der Waals surface area contributed by atoms with E-state index in [-0.39, 0.29) is 0 Å². The zero-order valence-corrected chi connectivity index (χ0v) is 14.1. The number of thiophene rings is 1. The highest BCUT2D eigenvalue weighted by atomic mass is 127. The number of benzene rings is 1. The van der Waals surface area contributed by atoms with Gasteiger partial charge in [0.2, 0.25) is 0 Å². The van der Waals surface area contributed by atoms with E-state index in [1.807, 2.05) is 30.5 Å². The van der Waals surface area contributed by atoms with Crippen LogP contribution < -0.4 is 5.32 Å². The second-order valence-corrected chi connectivity index (χ2v) is 6.77. The molecule has 3 aromatic rings. The number of aromatic amines is 1. The van der Waals surface area contributed by atoms with Gasteiger partial charge in [-0.3, -0.25) is 5.10 Å². The third-order valence-corrected chi connectivity index (χ3v) is 4.90. The van der Waals surface area contributed by atoms with Gasteiger partial charge in [0.05, 0.1) is 16.8 Å². The van der Waals surface area contributed by atoms with E-state index in [9.17, 15) is 0 Å². The highest BCUT2D eigenvalue weighted by molar-refractivity contribution is 14.1. The van der Waals surface area contributed by atoms with Crippen molar-refractivity contribution in [3.05, 3.63) is 56.1 Å². The van der Waals surface area contributed by atoms with Gasteiger partial charge in [-0.25, -0.2) is 0 Å². The van der Waals surface area contributed by atoms with Gasteiger partial charge in [0.1, 0.15) is 0 Å². The maximum absolute atomic E-state index is 5.96. The van der Waals surface area contributed by atoms with Crippen LogP contribution in [0.2, 0.25) is 5.02 Å². The van der Waals surface area contributed by atoms with Gasteiger partial charge in [-0.15, -0.1) is 11.3 Å². The van der Waals surface area contributed by atoms with Gasteiger partial charge in [0.15, 0.2) is 0 Å². The molecule has 0 aliphatic rings. The molecule has 0 unspecified atom stereocenters. The van der Waals surface area contributed by atoms with E-state index in [2.05, 4.69) is 49.6 Å². The standard InChI is InChI=1S/C14H11ClIN3S/c15-10-3-4-12(11(16)6-10)17-7-9-8-18-19-14(9)13-2-1-5-20-13/h1-6,8,17H,7H2,(H,18,19). The second kappa shape index (κ2) is 6.15. The van der Waals surface area contributed by atoms with Gasteiger partial charge in [0.25, 0.3) is 0 Å². The Labute approximate surface area is 139 Å². The lowest BCUT2D eigenvalue weighted by atomic mass is 10.2. The Balaban J connectivity index is 1.78. The molecule has 0 radical (unpaired) electrons. The molecule has 0 aliphatic heterocycles. The van der Waals surface area contributed by atoms with Crippen molar-refractivity contribution < 1.29 is 0 Å². The molecule has 0 fully saturated rings. The molecule has 0 aliphatic carbocycles. The van der Waals surface area contributed by atoms with Gasteiger partial charge in [-0.2, -0.15) is 5.10 Å². The Morgan fingerprint density at radius 3 is 3.00 bits per heavy atom. The fourth-order valence-corrected chi connectivity index (χ4v) is 3.72. The SMILES string of the molecule is Clc1ccc(NCc2cn[nH]c2-c2cccs2)c(I)c1. The molecule has 3 rings (SSSR count). The molecular weight excluding hydrogens is 405 g/mol. The zero-order chi connectivity index (χ0) is 13.9. The average molecular weight is 416 g/mol. The molecule has 0 spiro atoms. The van der Waals surface area contributed by atoms with Gasteiger partial charge in [-0.1, -0.05) is 17.7 Å². The molecule has 2 heterocycles. The van der Waals surface area contributed by atoms with Crippen molar-refractivity contribution in [1.29, 1.82) is 0 Å². The summed E-state index contributed by atoms with van der Waals surface area (Å²) in [6.45, 7) is 0.724. The molecule has 2 N–H and O–H groups in total. The summed E-state index contributed by atoms with van der Waals surface area (Å²) in [4.78, 5) is 1.20. The Bertz CT molecular complexity index is 709. The van der Waals surface area contributed by atoms with Crippen LogP contribution in [0.4, 0.5) is 5.69 Å². The van der Waals surface area contributed by atoms with E-state index in [0.29, 0.717) is 0 Å². The van der Waals surface area contributed by atoms with Crippen molar-refractivity contribution in [2.75, 3.05) is 5.32 Å². The van der Waals surface area contributed by atoms with Crippen LogP contribution in [0.5, 0.6) is 0 Å². The first-order valence-corrected chi connectivity index (χ1v) is 8.33. The summed E-state index contributed by atoms with van der Waals surface area (Å²) in [5.74, 6) is 0. The summed E-state index contributed by atoms with van der Waals surface area (Å²) in [7, 11) is 0. The number of halogens is 2. The Hall–Kier alpha value is -1.05. The number of nitrogens with zero attached hydrogens (tertiary/aromatic N) is 1. The first kappa shape index (κ1) is 13.9. The summed E-state index contributed by atoms with van der Waals surface area (Å²) in [5, 5.41) is 13.5. The minimum absolute atomic E-state index is 0.724. The number of aromatic nitrogens is 2. The van der Waals surface area contributed by atoms with Crippen LogP contribution in [-0.2, 0) is 6.54 Å². The van der Waals surface area contributed by atoms with Gasteiger partial charge in [-0.05, 0) is 52.2 Å². The number of H-pyrrole nitrogens is 1. The molecule has 3 nitrogen and oxygen atoms in total. The Kier molecular flexibility index (Phi) is 4.28. The maximum atomic E-state index is 5.96. The van der Waals surface area contributed by atoms with Crippen molar-refractivity contribution in [1.82, 2.24) is 10.2 Å². The molecular formula is C14H11ClIN3S. The third-order valence-electron chi connectivity index (χ3n) is 2.89. The molecule has 102 valence electrons. The van der Waals surface area contributed by atoms with Crippen molar-refractivity contribution in [2.24, 2.45) is 0 Å². The average Bonchev–Trinajstić information content (AvgIpc) is 3.08. The van der Waals surface area contributed by atoms with Crippen LogP contribution in [-0.4, -0.2) is 10.2 Å². The predicted octanol–water partition coefficient (Wildman–Crippen LogP) is 5.01. The first-order valence-electron chi connectivity index (χ1n) is 5.99. The van der Waals surface area contributed by atoms with Gasteiger partial charge >= 0.3 is 0 Å². The third kappa shape index (κ3) is 2.99. The fraction of sp³-hybridized carbons (Fsp3) is 0.0714. The largest absolute Gasteiger partial charge is 0.380 e.